The second kappa shape index (κ2) is 4.66. The summed E-state index contributed by atoms with van der Waals surface area (Å²) in [7, 11) is 0. The molecule has 0 aliphatic heterocycles. The summed E-state index contributed by atoms with van der Waals surface area (Å²) in [5.74, 6) is 0. The molecule has 1 aromatic rings. The minimum Gasteiger partial charge on any atom is -0.325 e. The first kappa shape index (κ1) is 9.88. The Morgan fingerprint density at radius 1 is 1.70 bits per heavy atom. The van der Waals surface area contributed by atoms with Gasteiger partial charge in [0.05, 0.1) is 5.69 Å². The van der Waals surface area contributed by atoms with E-state index in [1.807, 2.05) is 0 Å². The highest BCUT2D eigenvalue weighted by Gasteiger charge is 1.95. The average molecular weight is 179 g/mol. The summed E-state index contributed by atoms with van der Waals surface area (Å²) in [5.41, 5.74) is 6.52. The van der Waals surface area contributed by atoms with Gasteiger partial charge in [0, 0.05) is 11.9 Å². The number of nitrogens with zero attached hydrogens (tertiary/aromatic N) is 1. The van der Waals surface area contributed by atoms with Crippen LogP contribution in [0.25, 0.3) is 0 Å². The van der Waals surface area contributed by atoms with Crippen molar-refractivity contribution in [1.82, 2.24) is 4.98 Å². The van der Waals surface area contributed by atoms with Crippen molar-refractivity contribution < 1.29 is 0 Å². The van der Waals surface area contributed by atoms with E-state index in [0.717, 1.165) is 17.1 Å². The standard InChI is InChI=1S/C6H10N2S.ClH/c1-2-5-4-9-6(3-7)8-5;/h4H,2-3,7H2,1H3;1H. The second-order valence-corrected chi connectivity index (χ2v) is 2.73. The zero-order valence-corrected chi connectivity index (χ0v) is 7.47. The van der Waals surface area contributed by atoms with Gasteiger partial charge in [-0.05, 0) is 6.42 Å². The maximum atomic E-state index is 5.37. The van der Waals surface area contributed by atoms with Gasteiger partial charge < -0.3 is 5.73 Å². The third-order valence-corrected chi connectivity index (χ3v) is 2.06. The van der Waals surface area contributed by atoms with Crippen molar-refractivity contribution in [3.63, 3.8) is 0 Å². The zero-order chi connectivity index (χ0) is 6.69. The number of nitrogens with two attached hydrogens (primary N) is 1. The fourth-order valence-electron chi connectivity index (χ4n) is 0.605. The molecule has 10 heavy (non-hydrogen) atoms. The SMILES string of the molecule is CCc1csc(CN)n1.Cl. The third kappa shape index (κ3) is 2.25. The number of thiazole rings is 1. The third-order valence-electron chi connectivity index (χ3n) is 1.14. The van der Waals surface area contributed by atoms with Gasteiger partial charge in [-0.15, -0.1) is 23.7 Å². The maximum Gasteiger partial charge on any atom is 0.106 e. The van der Waals surface area contributed by atoms with E-state index < -0.39 is 0 Å². The molecule has 0 saturated carbocycles. The Kier molecular flexibility index (Phi) is 4.60. The number of hydrogen-bond donors (Lipinski definition) is 1. The summed E-state index contributed by atoms with van der Waals surface area (Å²) in [6, 6.07) is 0. The first-order valence-corrected chi connectivity index (χ1v) is 3.88. The van der Waals surface area contributed by atoms with Gasteiger partial charge >= 0.3 is 0 Å². The summed E-state index contributed by atoms with van der Waals surface area (Å²) in [6.45, 7) is 2.67. The highest BCUT2D eigenvalue weighted by molar-refractivity contribution is 7.09. The molecule has 0 saturated heterocycles. The number of hydrogen-bond acceptors (Lipinski definition) is 3. The Balaban J connectivity index is 0.000000810. The van der Waals surface area contributed by atoms with Crippen molar-refractivity contribution in [2.24, 2.45) is 5.73 Å². The molecule has 0 bridgehead atoms. The van der Waals surface area contributed by atoms with Crippen molar-refractivity contribution >= 4 is 23.7 Å². The number of halogens is 1. The van der Waals surface area contributed by atoms with E-state index in [0.29, 0.717) is 6.54 Å². The van der Waals surface area contributed by atoms with Crippen LogP contribution in [-0.2, 0) is 13.0 Å². The lowest BCUT2D eigenvalue weighted by molar-refractivity contribution is 0.980. The van der Waals surface area contributed by atoms with Gasteiger partial charge in [0.25, 0.3) is 0 Å². The largest absolute Gasteiger partial charge is 0.325 e. The zero-order valence-electron chi connectivity index (χ0n) is 5.83. The number of rotatable bonds is 2. The molecule has 0 fully saturated rings. The molecule has 0 radical (unpaired) electrons. The van der Waals surface area contributed by atoms with Crippen molar-refractivity contribution in [2.45, 2.75) is 19.9 Å². The Bertz CT molecular complexity index is 169. The Labute approximate surface area is 70.9 Å². The van der Waals surface area contributed by atoms with Gasteiger partial charge in [0.2, 0.25) is 0 Å². The van der Waals surface area contributed by atoms with Crippen LogP contribution in [-0.4, -0.2) is 4.98 Å². The molecule has 0 atom stereocenters. The predicted octanol–water partition coefficient (Wildman–Crippen LogP) is 1.59. The minimum atomic E-state index is 0. The summed E-state index contributed by atoms with van der Waals surface area (Å²) in [5, 5.41) is 3.09. The van der Waals surface area contributed by atoms with Crippen LogP contribution in [0.3, 0.4) is 0 Å². The minimum absolute atomic E-state index is 0. The lowest BCUT2D eigenvalue weighted by atomic mass is 10.4. The molecule has 2 N–H and O–H groups in total. The van der Waals surface area contributed by atoms with Crippen molar-refractivity contribution in [3.8, 4) is 0 Å². The van der Waals surface area contributed by atoms with Gasteiger partial charge in [-0.1, -0.05) is 6.92 Å². The monoisotopic (exact) mass is 178 g/mol. The lowest BCUT2D eigenvalue weighted by Gasteiger charge is -1.83. The van der Waals surface area contributed by atoms with Crippen LogP contribution >= 0.6 is 23.7 Å². The quantitative estimate of drug-likeness (QED) is 0.747. The van der Waals surface area contributed by atoms with Crippen LogP contribution in [0.15, 0.2) is 5.38 Å². The van der Waals surface area contributed by atoms with Crippen LogP contribution < -0.4 is 5.73 Å². The summed E-state index contributed by atoms with van der Waals surface area (Å²) < 4.78 is 0. The molecular formula is C6H11ClN2S. The number of aryl methyl sites for hydroxylation is 1. The van der Waals surface area contributed by atoms with Gasteiger partial charge in [-0.25, -0.2) is 4.98 Å². The van der Waals surface area contributed by atoms with E-state index in [-0.39, 0.29) is 12.4 Å². The molecule has 1 heterocycles. The van der Waals surface area contributed by atoms with Gasteiger partial charge in [0.15, 0.2) is 0 Å². The highest BCUT2D eigenvalue weighted by atomic mass is 35.5. The second-order valence-electron chi connectivity index (χ2n) is 1.79. The molecule has 0 aliphatic rings. The lowest BCUT2D eigenvalue weighted by Crippen LogP contribution is -1.94. The number of aromatic nitrogens is 1. The molecule has 0 spiro atoms. The highest BCUT2D eigenvalue weighted by Crippen LogP contribution is 2.08. The fraction of sp³-hybridized carbons (Fsp3) is 0.500. The van der Waals surface area contributed by atoms with Crippen molar-refractivity contribution in [2.75, 3.05) is 0 Å². The smallest absolute Gasteiger partial charge is 0.106 e. The first-order chi connectivity index (χ1) is 4.36. The van der Waals surface area contributed by atoms with E-state index >= 15 is 0 Å². The summed E-state index contributed by atoms with van der Waals surface area (Å²) in [6.07, 6.45) is 1.01. The van der Waals surface area contributed by atoms with Crippen LogP contribution in [0.4, 0.5) is 0 Å². The Morgan fingerprint density at radius 2 is 2.40 bits per heavy atom. The van der Waals surface area contributed by atoms with Crippen LogP contribution in [0, 0.1) is 0 Å². The maximum absolute atomic E-state index is 5.37. The molecule has 1 aromatic heterocycles. The molecule has 4 heteroatoms. The molecule has 2 nitrogen and oxygen atoms in total. The van der Waals surface area contributed by atoms with Crippen molar-refractivity contribution in [3.05, 3.63) is 16.1 Å². The van der Waals surface area contributed by atoms with Gasteiger partial charge in [0.1, 0.15) is 5.01 Å². The van der Waals surface area contributed by atoms with E-state index in [1.165, 1.54) is 0 Å². The predicted molar refractivity (Wildman–Crippen MR) is 46.6 cm³/mol. The van der Waals surface area contributed by atoms with Gasteiger partial charge in [-0.2, -0.15) is 0 Å². The summed E-state index contributed by atoms with van der Waals surface area (Å²) in [4.78, 5) is 4.24. The van der Waals surface area contributed by atoms with E-state index in [2.05, 4.69) is 17.3 Å². The van der Waals surface area contributed by atoms with Crippen LogP contribution in [0.5, 0.6) is 0 Å². The molecule has 0 aromatic carbocycles. The van der Waals surface area contributed by atoms with E-state index in [4.69, 9.17) is 5.73 Å². The van der Waals surface area contributed by atoms with E-state index in [1.54, 1.807) is 11.3 Å². The van der Waals surface area contributed by atoms with Gasteiger partial charge in [-0.3, -0.25) is 0 Å². The molecule has 1 rings (SSSR count). The fourth-order valence-corrected chi connectivity index (χ4v) is 1.36. The average Bonchev–Trinajstić information content (AvgIpc) is 2.34. The van der Waals surface area contributed by atoms with Crippen LogP contribution in [0.2, 0.25) is 0 Å². The molecule has 0 aliphatic carbocycles. The summed E-state index contributed by atoms with van der Waals surface area (Å²) >= 11 is 1.64. The van der Waals surface area contributed by atoms with E-state index in [9.17, 15) is 0 Å². The Morgan fingerprint density at radius 3 is 2.70 bits per heavy atom. The normalized spacial score (nSPS) is 9.00. The molecule has 0 amide bonds. The first-order valence-electron chi connectivity index (χ1n) is 3.00. The van der Waals surface area contributed by atoms with Crippen molar-refractivity contribution in [1.29, 1.82) is 0 Å². The molecular weight excluding hydrogens is 168 g/mol. The topological polar surface area (TPSA) is 38.9 Å². The molecule has 0 unspecified atom stereocenters. The molecule has 58 valence electrons. The Hall–Kier alpha value is -0.120. The van der Waals surface area contributed by atoms with Crippen LogP contribution in [0.1, 0.15) is 17.6 Å².